The van der Waals surface area contributed by atoms with Gasteiger partial charge in [0, 0.05) is 18.0 Å². The molecule has 22 heavy (non-hydrogen) atoms. The van der Waals surface area contributed by atoms with Gasteiger partial charge in [-0.15, -0.1) is 0 Å². The van der Waals surface area contributed by atoms with Crippen molar-refractivity contribution in [3.8, 4) is 0 Å². The Morgan fingerprint density at radius 1 is 1.41 bits per heavy atom. The second-order valence-electron chi connectivity index (χ2n) is 4.98. The molecule has 2 rings (SSSR count). The van der Waals surface area contributed by atoms with Gasteiger partial charge in [0.2, 0.25) is 0 Å². The van der Waals surface area contributed by atoms with Crippen molar-refractivity contribution < 1.29 is 17.6 Å². The SMILES string of the molecule is CCS(=O)(=O)CCn1ccc(NC(=O)c2cc(C)oc2C)n1. The quantitative estimate of drug-likeness (QED) is 0.873. The van der Waals surface area contributed by atoms with Gasteiger partial charge in [-0.1, -0.05) is 6.92 Å². The van der Waals surface area contributed by atoms with E-state index in [1.807, 2.05) is 0 Å². The van der Waals surface area contributed by atoms with Crippen molar-refractivity contribution in [2.45, 2.75) is 27.3 Å². The molecule has 0 bridgehead atoms. The van der Waals surface area contributed by atoms with E-state index in [1.165, 1.54) is 4.68 Å². The zero-order chi connectivity index (χ0) is 16.3. The molecule has 0 fully saturated rings. The summed E-state index contributed by atoms with van der Waals surface area (Å²) in [6.07, 6.45) is 1.63. The van der Waals surface area contributed by atoms with Crippen molar-refractivity contribution in [3.05, 3.63) is 35.4 Å². The highest BCUT2D eigenvalue weighted by molar-refractivity contribution is 7.91. The van der Waals surface area contributed by atoms with E-state index in [-0.39, 0.29) is 24.0 Å². The van der Waals surface area contributed by atoms with Gasteiger partial charge in [-0.3, -0.25) is 9.48 Å². The largest absolute Gasteiger partial charge is 0.466 e. The standard InChI is InChI=1S/C14H19N3O4S/c1-4-22(19,20)8-7-17-6-5-13(16-17)15-14(18)12-9-10(2)21-11(12)3/h5-6,9H,4,7-8H2,1-3H3,(H,15,16,18). The highest BCUT2D eigenvalue weighted by Gasteiger charge is 2.15. The van der Waals surface area contributed by atoms with E-state index in [9.17, 15) is 13.2 Å². The fourth-order valence-corrected chi connectivity index (χ4v) is 2.72. The molecular formula is C14H19N3O4S. The van der Waals surface area contributed by atoms with Crippen LogP contribution in [0.1, 0.15) is 28.8 Å². The van der Waals surface area contributed by atoms with Gasteiger partial charge in [-0.25, -0.2) is 8.42 Å². The van der Waals surface area contributed by atoms with Crippen molar-refractivity contribution >= 4 is 21.6 Å². The van der Waals surface area contributed by atoms with Gasteiger partial charge in [0.1, 0.15) is 11.5 Å². The van der Waals surface area contributed by atoms with Crippen LogP contribution < -0.4 is 5.32 Å². The first kappa shape index (κ1) is 16.3. The zero-order valence-corrected chi connectivity index (χ0v) is 13.6. The Labute approximate surface area is 129 Å². The lowest BCUT2D eigenvalue weighted by Gasteiger charge is -2.02. The molecule has 0 spiro atoms. The van der Waals surface area contributed by atoms with E-state index in [0.29, 0.717) is 22.9 Å². The van der Waals surface area contributed by atoms with Crippen LogP contribution in [0.3, 0.4) is 0 Å². The molecule has 0 atom stereocenters. The molecule has 2 aromatic heterocycles. The van der Waals surface area contributed by atoms with Gasteiger partial charge in [-0.2, -0.15) is 5.10 Å². The van der Waals surface area contributed by atoms with E-state index in [4.69, 9.17) is 4.42 Å². The molecule has 2 heterocycles. The topological polar surface area (TPSA) is 94.2 Å². The summed E-state index contributed by atoms with van der Waals surface area (Å²) in [5.41, 5.74) is 0.459. The third kappa shape index (κ3) is 3.97. The Kier molecular flexibility index (Phi) is 4.70. The van der Waals surface area contributed by atoms with Crippen LogP contribution in [0.4, 0.5) is 5.82 Å². The number of aryl methyl sites for hydroxylation is 3. The summed E-state index contributed by atoms with van der Waals surface area (Å²) in [6, 6.07) is 3.29. The number of rotatable bonds is 6. The van der Waals surface area contributed by atoms with E-state index in [1.54, 1.807) is 39.1 Å². The summed E-state index contributed by atoms with van der Waals surface area (Å²) < 4.78 is 29.7. The van der Waals surface area contributed by atoms with Crippen molar-refractivity contribution in [2.24, 2.45) is 0 Å². The third-order valence-corrected chi connectivity index (χ3v) is 4.92. The van der Waals surface area contributed by atoms with Crippen LogP contribution in [0, 0.1) is 13.8 Å². The minimum absolute atomic E-state index is 0.0264. The first-order chi connectivity index (χ1) is 10.3. The van der Waals surface area contributed by atoms with Gasteiger partial charge in [0.25, 0.3) is 5.91 Å². The molecular weight excluding hydrogens is 306 g/mol. The van der Waals surface area contributed by atoms with E-state index >= 15 is 0 Å². The fourth-order valence-electron chi connectivity index (χ4n) is 1.97. The van der Waals surface area contributed by atoms with Crippen LogP contribution in [0.15, 0.2) is 22.7 Å². The monoisotopic (exact) mass is 325 g/mol. The summed E-state index contributed by atoms with van der Waals surface area (Å²) in [5.74, 6) is 1.41. The fraction of sp³-hybridized carbons (Fsp3) is 0.429. The second-order valence-corrected chi connectivity index (χ2v) is 7.45. The summed E-state index contributed by atoms with van der Waals surface area (Å²) in [5, 5.41) is 6.80. The maximum atomic E-state index is 12.1. The van der Waals surface area contributed by atoms with Crippen LogP contribution >= 0.6 is 0 Å². The number of carbonyl (C=O) groups excluding carboxylic acids is 1. The molecule has 120 valence electrons. The van der Waals surface area contributed by atoms with Crippen molar-refractivity contribution in [3.63, 3.8) is 0 Å². The van der Waals surface area contributed by atoms with E-state index in [0.717, 1.165) is 0 Å². The van der Waals surface area contributed by atoms with Crippen LogP contribution in [-0.2, 0) is 16.4 Å². The Hall–Kier alpha value is -2.09. The van der Waals surface area contributed by atoms with Gasteiger partial charge >= 0.3 is 0 Å². The highest BCUT2D eigenvalue weighted by atomic mass is 32.2. The Morgan fingerprint density at radius 2 is 2.14 bits per heavy atom. The highest BCUT2D eigenvalue weighted by Crippen LogP contribution is 2.15. The molecule has 0 aliphatic rings. The number of amides is 1. The van der Waals surface area contributed by atoms with Crippen molar-refractivity contribution in [1.29, 1.82) is 0 Å². The molecule has 2 aromatic rings. The molecule has 0 aliphatic heterocycles. The molecule has 1 amide bonds. The number of sulfone groups is 1. The van der Waals surface area contributed by atoms with Gasteiger partial charge < -0.3 is 9.73 Å². The van der Waals surface area contributed by atoms with Crippen LogP contribution in [0.25, 0.3) is 0 Å². The number of carbonyl (C=O) groups is 1. The minimum atomic E-state index is -3.04. The van der Waals surface area contributed by atoms with Crippen LogP contribution in [0.5, 0.6) is 0 Å². The first-order valence-electron chi connectivity index (χ1n) is 6.93. The molecule has 1 N–H and O–H groups in total. The molecule has 0 saturated carbocycles. The number of furan rings is 1. The molecule has 0 saturated heterocycles. The number of aromatic nitrogens is 2. The number of hydrogen-bond acceptors (Lipinski definition) is 5. The zero-order valence-electron chi connectivity index (χ0n) is 12.8. The molecule has 0 aliphatic carbocycles. The smallest absolute Gasteiger partial charge is 0.260 e. The molecule has 0 unspecified atom stereocenters. The summed E-state index contributed by atoms with van der Waals surface area (Å²) >= 11 is 0. The van der Waals surface area contributed by atoms with E-state index < -0.39 is 9.84 Å². The molecule has 7 nitrogen and oxygen atoms in total. The van der Waals surface area contributed by atoms with Crippen molar-refractivity contribution in [1.82, 2.24) is 9.78 Å². The lowest BCUT2D eigenvalue weighted by atomic mass is 10.2. The average Bonchev–Trinajstić information content (AvgIpc) is 3.03. The molecule has 0 aromatic carbocycles. The lowest BCUT2D eigenvalue weighted by molar-refractivity contribution is 0.102. The van der Waals surface area contributed by atoms with Crippen molar-refractivity contribution in [2.75, 3.05) is 16.8 Å². The van der Waals surface area contributed by atoms with Crippen LogP contribution in [-0.4, -0.2) is 35.6 Å². The maximum absolute atomic E-state index is 12.1. The minimum Gasteiger partial charge on any atom is -0.466 e. The van der Waals surface area contributed by atoms with Gasteiger partial charge in [-0.05, 0) is 19.9 Å². The van der Waals surface area contributed by atoms with Crippen LogP contribution in [0.2, 0.25) is 0 Å². The summed E-state index contributed by atoms with van der Waals surface area (Å²) in [6.45, 7) is 5.36. The van der Waals surface area contributed by atoms with E-state index in [2.05, 4.69) is 10.4 Å². The Morgan fingerprint density at radius 3 is 2.73 bits per heavy atom. The third-order valence-electron chi connectivity index (χ3n) is 3.24. The number of anilines is 1. The molecule has 8 heteroatoms. The Balaban J connectivity index is 2.00. The number of nitrogens with zero attached hydrogens (tertiary/aromatic N) is 2. The van der Waals surface area contributed by atoms with Gasteiger partial charge in [0.15, 0.2) is 15.7 Å². The Bertz CT molecular complexity index is 774. The predicted molar refractivity (Wildman–Crippen MR) is 82.7 cm³/mol. The predicted octanol–water partition coefficient (Wildman–Crippen LogP) is 1.78. The number of hydrogen-bond donors (Lipinski definition) is 1. The second kappa shape index (κ2) is 6.35. The lowest BCUT2D eigenvalue weighted by Crippen LogP contribution is -2.16. The average molecular weight is 325 g/mol. The normalized spacial score (nSPS) is 11.6. The summed E-state index contributed by atoms with van der Waals surface area (Å²) in [4.78, 5) is 12.1. The molecule has 0 radical (unpaired) electrons. The summed E-state index contributed by atoms with van der Waals surface area (Å²) in [7, 11) is -3.04. The van der Waals surface area contributed by atoms with Gasteiger partial charge in [0.05, 0.1) is 17.9 Å². The number of nitrogens with one attached hydrogen (secondary N) is 1. The first-order valence-corrected chi connectivity index (χ1v) is 8.75. The maximum Gasteiger partial charge on any atom is 0.260 e.